The molecule has 2 aliphatic rings. The number of H-pyrrole nitrogens is 1. The summed E-state index contributed by atoms with van der Waals surface area (Å²) in [5.41, 5.74) is 2.01. The lowest BCUT2D eigenvalue weighted by molar-refractivity contribution is -0.147. The Morgan fingerprint density at radius 2 is 1.92 bits per heavy atom. The zero-order valence-corrected chi connectivity index (χ0v) is 21.6. The summed E-state index contributed by atoms with van der Waals surface area (Å²) in [6.45, 7) is 6.40. The number of ether oxygens (including phenoxy) is 1. The molecule has 3 heterocycles. The van der Waals surface area contributed by atoms with E-state index in [0.717, 1.165) is 35.0 Å². The fourth-order valence-electron chi connectivity index (χ4n) is 5.31. The van der Waals surface area contributed by atoms with Crippen molar-refractivity contribution in [1.82, 2.24) is 25.3 Å². The molecular weight excluding hydrogens is 492 g/mol. The van der Waals surface area contributed by atoms with Gasteiger partial charge in [0.1, 0.15) is 17.2 Å². The molecule has 0 bridgehead atoms. The summed E-state index contributed by atoms with van der Waals surface area (Å²) in [7, 11) is 0. The number of halogens is 2. The van der Waals surface area contributed by atoms with Crippen LogP contribution in [0.15, 0.2) is 54.7 Å². The molecule has 2 N–H and O–H groups in total. The second kappa shape index (κ2) is 10.2. The maximum absolute atomic E-state index is 15.2. The van der Waals surface area contributed by atoms with Crippen LogP contribution in [-0.4, -0.2) is 49.7 Å². The Hall–Kier alpha value is -3.79. The zero-order valence-electron chi connectivity index (χ0n) is 21.6. The highest BCUT2D eigenvalue weighted by atomic mass is 19.1. The van der Waals surface area contributed by atoms with Gasteiger partial charge in [0.25, 0.3) is 0 Å². The van der Waals surface area contributed by atoms with Crippen molar-refractivity contribution in [2.45, 2.75) is 70.6 Å². The third-order valence-corrected chi connectivity index (χ3v) is 6.92. The van der Waals surface area contributed by atoms with E-state index in [1.54, 1.807) is 31.9 Å². The molecule has 1 aromatic heterocycles. The quantitative estimate of drug-likeness (QED) is 0.516. The molecule has 5 rings (SSSR count). The predicted octanol–water partition coefficient (Wildman–Crippen LogP) is 4.44. The third kappa shape index (κ3) is 5.40. The number of carbonyl (C=O) groups is 2. The molecule has 0 radical (unpaired) electrons. The summed E-state index contributed by atoms with van der Waals surface area (Å²) in [4.78, 5) is 30.6. The van der Waals surface area contributed by atoms with Gasteiger partial charge < -0.3 is 15.0 Å². The van der Waals surface area contributed by atoms with E-state index < -0.39 is 41.5 Å². The molecule has 8 nitrogen and oxygen atoms in total. The highest BCUT2D eigenvalue weighted by Crippen LogP contribution is 2.38. The van der Waals surface area contributed by atoms with Gasteiger partial charge in [-0.1, -0.05) is 30.3 Å². The van der Waals surface area contributed by atoms with Crippen LogP contribution in [0.5, 0.6) is 0 Å². The molecule has 2 unspecified atom stereocenters. The number of benzene rings is 2. The first-order valence-electron chi connectivity index (χ1n) is 12.6. The van der Waals surface area contributed by atoms with Crippen LogP contribution in [-0.2, 0) is 29.2 Å². The molecule has 38 heavy (non-hydrogen) atoms. The van der Waals surface area contributed by atoms with Gasteiger partial charge in [-0.2, -0.15) is 5.10 Å². The Bertz CT molecular complexity index is 1300. The molecule has 3 atom stereocenters. The second-order valence-electron chi connectivity index (χ2n) is 10.8. The molecule has 0 saturated carbocycles. The minimum Gasteiger partial charge on any atom is -0.444 e. The predicted molar refractivity (Wildman–Crippen MR) is 135 cm³/mol. The van der Waals surface area contributed by atoms with Crippen molar-refractivity contribution in [3.8, 4) is 0 Å². The fourth-order valence-corrected chi connectivity index (χ4v) is 5.31. The number of aromatic amines is 1. The number of piperidine rings is 1. The van der Waals surface area contributed by atoms with E-state index >= 15 is 4.39 Å². The number of aromatic nitrogens is 2. The van der Waals surface area contributed by atoms with E-state index in [4.69, 9.17) is 4.74 Å². The number of nitrogens with zero attached hydrogens (tertiary/aromatic N) is 3. The number of hydrogen-bond donors (Lipinski definition) is 2. The second-order valence-corrected chi connectivity index (χ2v) is 10.8. The van der Waals surface area contributed by atoms with Crippen LogP contribution >= 0.6 is 0 Å². The number of likely N-dealkylation sites (tertiary alicyclic amines) is 1. The van der Waals surface area contributed by atoms with Crippen LogP contribution in [0, 0.1) is 11.6 Å². The normalized spacial score (nSPS) is 21.9. The first-order chi connectivity index (χ1) is 18.1. The van der Waals surface area contributed by atoms with Gasteiger partial charge in [-0.25, -0.2) is 13.6 Å². The molecular formula is C28H31F2N5O3. The van der Waals surface area contributed by atoms with Crippen LogP contribution < -0.4 is 5.32 Å². The summed E-state index contributed by atoms with van der Waals surface area (Å²) in [5, 5.41) is 9.93. The molecule has 2 amide bonds. The number of fused-ring (bicyclic) bond motifs is 1. The van der Waals surface area contributed by atoms with Gasteiger partial charge in [-0.3, -0.25) is 14.8 Å². The van der Waals surface area contributed by atoms with Gasteiger partial charge in [0.2, 0.25) is 5.91 Å². The Morgan fingerprint density at radius 1 is 1.16 bits per heavy atom. The average molecular weight is 524 g/mol. The Morgan fingerprint density at radius 3 is 2.63 bits per heavy atom. The van der Waals surface area contributed by atoms with Crippen molar-refractivity contribution in [2.75, 3.05) is 0 Å². The van der Waals surface area contributed by atoms with E-state index in [1.807, 2.05) is 35.2 Å². The number of carbonyl (C=O) groups excluding carboxylic acids is 2. The van der Waals surface area contributed by atoms with Gasteiger partial charge in [0, 0.05) is 30.8 Å². The monoisotopic (exact) mass is 523 g/mol. The van der Waals surface area contributed by atoms with Crippen molar-refractivity contribution in [1.29, 1.82) is 0 Å². The molecule has 3 aromatic rings. The molecule has 1 fully saturated rings. The first-order valence-corrected chi connectivity index (χ1v) is 12.6. The molecule has 10 heteroatoms. The number of rotatable bonds is 5. The zero-order chi connectivity index (χ0) is 27.0. The van der Waals surface area contributed by atoms with E-state index in [-0.39, 0.29) is 24.4 Å². The van der Waals surface area contributed by atoms with Gasteiger partial charge in [0.15, 0.2) is 0 Å². The lowest BCUT2D eigenvalue weighted by Gasteiger charge is -2.47. The van der Waals surface area contributed by atoms with Gasteiger partial charge in [-0.15, -0.1) is 0 Å². The van der Waals surface area contributed by atoms with Crippen LogP contribution in [0.4, 0.5) is 13.6 Å². The maximum atomic E-state index is 15.2. The third-order valence-electron chi connectivity index (χ3n) is 6.92. The van der Waals surface area contributed by atoms with Crippen molar-refractivity contribution in [3.05, 3.63) is 88.7 Å². The Labute approximate surface area is 220 Å². The summed E-state index contributed by atoms with van der Waals surface area (Å²) >= 11 is 0. The highest BCUT2D eigenvalue weighted by Gasteiger charge is 2.47. The highest BCUT2D eigenvalue weighted by molar-refractivity contribution is 5.84. The standard InChI is InChI=1S/C28H31F2N5O3/c1-28(2,3)38-27(37)32-22-12-24(34-15-18-13-31-33-23(18)16-34)26(36)35(14-17-7-5-4-6-8-17)25(22)20-11-19(29)9-10-21(20)30/h4-11,13,22,24-25H,12,14-16H2,1-3H3,(H,31,33)(H,32,37)/t22?,24?,25-/m1/s1. The molecule has 0 aliphatic carbocycles. The summed E-state index contributed by atoms with van der Waals surface area (Å²) in [5.74, 6) is -1.50. The Kier molecular flexibility index (Phi) is 6.92. The number of nitrogens with one attached hydrogen (secondary N) is 2. The smallest absolute Gasteiger partial charge is 0.407 e. The Balaban J connectivity index is 1.55. The van der Waals surface area contributed by atoms with E-state index in [1.165, 1.54) is 0 Å². The van der Waals surface area contributed by atoms with Gasteiger partial charge in [0.05, 0.1) is 30.0 Å². The van der Waals surface area contributed by atoms with Crippen LogP contribution in [0.1, 0.15) is 55.6 Å². The van der Waals surface area contributed by atoms with Crippen LogP contribution in [0.25, 0.3) is 0 Å². The van der Waals surface area contributed by atoms with Crippen molar-refractivity contribution in [2.24, 2.45) is 0 Å². The summed E-state index contributed by atoms with van der Waals surface area (Å²) < 4.78 is 35.2. The average Bonchev–Trinajstić information content (AvgIpc) is 3.45. The number of amides is 2. The summed E-state index contributed by atoms with van der Waals surface area (Å²) in [6, 6.07) is 10.2. The molecule has 1 saturated heterocycles. The molecule has 2 aromatic carbocycles. The minimum atomic E-state index is -0.954. The fraction of sp³-hybridized carbons (Fsp3) is 0.393. The van der Waals surface area contributed by atoms with E-state index in [9.17, 15) is 14.0 Å². The maximum Gasteiger partial charge on any atom is 0.407 e. The number of alkyl carbamates (subject to hydrolysis) is 1. The largest absolute Gasteiger partial charge is 0.444 e. The van der Waals surface area contributed by atoms with Crippen molar-refractivity contribution < 1.29 is 23.1 Å². The van der Waals surface area contributed by atoms with Crippen LogP contribution in [0.2, 0.25) is 0 Å². The van der Waals surface area contributed by atoms with Crippen molar-refractivity contribution >= 4 is 12.0 Å². The molecule has 2 aliphatic heterocycles. The van der Waals surface area contributed by atoms with E-state index in [0.29, 0.717) is 13.1 Å². The van der Waals surface area contributed by atoms with Crippen molar-refractivity contribution in [3.63, 3.8) is 0 Å². The summed E-state index contributed by atoms with van der Waals surface area (Å²) in [6.07, 6.45) is 1.25. The first kappa shape index (κ1) is 25.8. The minimum absolute atomic E-state index is 0.00429. The van der Waals surface area contributed by atoms with Gasteiger partial charge >= 0.3 is 6.09 Å². The lowest BCUT2D eigenvalue weighted by atomic mass is 9.86. The molecule has 200 valence electrons. The lowest BCUT2D eigenvalue weighted by Crippen LogP contribution is -2.60. The van der Waals surface area contributed by atoms with Crippen LogP contribution in [0.3, 0.4) is 0 Å². The van der Waals surface area contributed by atoms with Gasteiger partial charge in [-0.05, 0) is 51.0 Å². The topological polar surface area (TPSA) is 90.6 Å². The SMILES string of the molecule is CC(C)(C)OC(=O)NC1CC(N2Cc3cn[nH]c3C2)C(=O)N(Cc2ccccc2)[C@@H]1c1cc(F)ccc1F. The molecule has 0 spiro atoms. The van der Waals surface area contributed by atoms with E-state index in [2.05, 4.69) is 15.5 Å². The number of hydrogen-bond acceptors (Lipinski definition) is 5.